The Hall–Kier alpha value is -3.56. The third-order valence-electron chi connectivity index (χ3n) is 7.53. The van der Waals surface area contributed by atoms with E-state index in [1.807, 2.05) is 35.7 Å². The number of H-pyrrole nitrogens is 1. The lowest BCUT2D eigenvalue weighted by atomic mass is 9.88. The largest absolute Gasteiger partial charge is 0.352 e. The molecule has 0 unspecified atom stereocenters. The number of aromatic amines is 1. The molecule has 2 aliphatic rings. The second kappa shape index (κ2) is 8.00. The zero-order valence-electron chi connectivity index (χ0n) is 19.9. The Morgan fingerprint density at radius 1 is 1.00 bits per heavy atom. The molecule has 0 atom stereocenters. The molecule has 5 heterocycles. The number of hydrogen-bond donors (Lipinski definition) is 2. The molecule has 8 nitrogen and oxygen atoms in total. The lowest BCUT2D eigenvalue weighted by molar-refractivity contribution is -0.122. The molecule has 2 aliphatic heterocycles. The van der Waals surface area contributed by atoms with Gasteiger partial charge in [0.05, 0.1) is 22.4 Å². The van der Waals surface area contributed by atoms with Crippen molar-refractivity contribution in [3.63, 3.8) is 0 Å². The van der Waals surface area contributed by atoms with E-state index in [0.29, 0.717) is 28.4 Å². The number of rotatable bonds is 4. The van der Waals surface area contributed by atoms with Crippen molar-refractivity contribution in [1.29, 1.82) is 0 Å². The van der Waals surface area contributed by atoms with Gasteiger partial charge in [-0.1, -0.05) is 18.2 Å². The van der Waals surface area contributed by atoms with E-state index in [0.717, 1.165) is 47.1 Å². The van der Waals surface area contributed by atoms with E-state index < -0.39 is 11.8 Å². The van der Waals surface area contributed by atoms with E-state index in [4.69, 9.17) is 9.97 Å². The van der Waals surface area contributed by atoms with Crippen LogP contribution in [0.4, 0.5) is 5.95 Å². The van der Waals surface area contributed by atoms with Gasteiger partial charge >= 0.3 is 0 Å². The van der Waals surface area contributed by atoms with E-state index in [-0.39, 0.29) is 5.54 Å². The first-order valence-corrected chi connectivity index (χ1v) is 12.6. The molecular formula is C26H26N6O2S. The van der Waals surface area contributed by atoms with Crippen LogP contribution in [-0.2, 0) is 9.59 Å². The monoisotopic (exact) mass is 486 g/mol. The Morgan fingerprint density at radius 2 is 1.74 bits per heavy atom. The van der Waals surface area contributed by atoms with Crippen molar-refractivity contribution < 1.29 is 9.59 Å². The predicted octanol–water partition coefficient (Wildman–Crippen LogP) is 3.66. The van der Waals surface area contributed by atoms with Gasteiger partial charge < -0.3 is 14.8 Å². The van der Waals surface area contributed by atoms with Crippen LogP contribution in [-0.4, -0.2) is 64.4 Å². The molecule has 0 spiro atoms. The van der Waals surface area contributed by atoms with Gasteiger partial charge in [-0.25, -0.2) is 9.97 Å². The van der Waals surface area contributed by atoms with E-state index >= 15 is 0 Å². The van der Waals surface area contributed by atoms with Crippen LogP contribution in [0.1, 0.15) is 31.0 Å². The summed E-state index contributed by atoms with van der Waals surface area (Å²) in [6.45, 7) is 3.91. The fourth-order valence-corrected chi connectivity index (χ4v) is 5.80. The first kappa shape index (κ1) is 21.9. The van der Waals surface area contributed by atoms with Crippen LogP contribution in [0.2, 0.25) is 0 Å². The van der Waals surface area contributed by atoms with Crippen LogP contribution in [0, 0.1) is 0 Å². The number of nitrogens with one attached hydrogen (secondary N) is 2. The number of para-hydroxylation sites is 1. The van der Waals surface area contributed by atoms with E-state index in [1.54, 1.807) is 17.5 Å². The second-order valence-electron chi connectivity index (χ2n) is 9.67. The molecule has 0 aliphatic carbocycles. The van der Waals surface area contributed by atoms with Crippen molar-refractivity contribution in [3.05, 3.63) is 53.2 Å². The fourth-order valence-electron chi connectivity index (χ4n) is 5.03. The Morgan fingerprint density at radius 3 is 2.51 bits per heavy atom. The number of aromatic nitrogens is 3. The van der Waals surface area contributed by atoms with Gasteiger partial charge in [-0.3, -0.25) is 14.9 Å². The Bertz CT molecular complexity index is 1520. The summed E-state index contributed by atoms with van der Waals surface area (Å²) in [4.78, 5) is 44.6. The number of anilines is 1. The molecule has 0 radical (unpaired) electrons. The molecule has 0 bridgehead atoms. The zero-order valence-corrected chi connectivity index (χ0v) is 20.7. The summed E-state index contributed by atoms with van der Waals surface area (Å²) in [7, 11) is 4.24. The third-order valence-corrected chi connectivity index (χ3v) is 8.38. The molecule has 2 amide bonds. The molecular weight excluding hydrogens is 460 g/mol. The average molecular weight is 487 g/mol. The lowest BCUT2D eigenvalue weighted by Gasteiger charge is -2.43. The van der Waals surface area contributed by atoms with Gasteiger partial charge in [0.25, 0.3) is 11.8 Å². The van der Waals surface area contributed by atoms with Crippen molar-refractivity contribution >= 4 is 61.4 Å². The standard InChI is InChI=1S/C26H26N6O2S/c1-26(31(2)3)9-11-32(12-10-26)25-28-18-7-5-4-6-16(18)21(29-25)20-19(22(33)30-23(20)34)17-14-27-24-15(17)8-13-35-24/h4-8,13-14,27H,9-12H2,1-3H3,(H,30,33,34). The number of hydrogen-bond acceptors (Lipinski definition) is 7. The number of imide groups is 1. The number of fused-ring (bicyclic) bond motifs is 2. The van der Waals surface area contributed by atoms with Crippen molar-refractivity contribution in [2.24, 2.45) is 0 Å². The van der Waals surface area contributed by atoms with E-state index in [1.165, 1.54) is 0 Å². The Balaban J connectivity index is 1.52. The van der Waals surface area contributed by atoms with Crippen LogP contribution < -0.4 is 10.2 Å². The van der Waals surface area contributed by atoms with Crippen LogP contribution in [0.5, 0.6) is 0 Å². The number of nitrogens with zero attached hydrogens (tertiary/aromatic N) is 4. The Kier molecular flexibility index (Phi) is 5.01. The number of thiophene rings is 1. The van der Waals surface area contributed by atoms with Crippen molar-refractivity contribution in [3.8, 4) is 0 Å². The number of carbonyl (C=O) groups is 2. The maximum absolute atomic E-state index is 13.2. The Labute approximate surface area is 206 Å². The van der Waals surface area contributed by atoms with Crippen molar-refractivity contribution in [1.82, 2.24) is 25.2 Å². The topological polar surface area (TPSA) is 94.2 Å². The normalized spacial score (nSPS) is 18.3. The number of carbonyl (C=O) groups excluding carboxylic acids is 2. The fraction of sp³-hybridized carbons (Fsp3) is 0.308. The van der Waals surface area contributed by atoms with Crippen molar-refractivity contribution in [2.75, 3.05) is 32.1 Å². The van der Waals surface area contributed by atoms with Crippen LogP contribution in [0.25, 0.3) is 32.3 Å². The highest BCUT2D eigenvalue weighted by molar-refractivity contribution is 7.16. The second-order valence-corrected chi connectivity index (χ2v) is 10.6. The van der Waals surface area contributed by atoms with Gasteiger partial charge in [0, 0.05) is 41.2 Å². The lowest BCUT2D eigenvalue weighted by Crippen LogP contribution is -2.51. The highest BCUT2D eigenvalue weighted by Gasteiger charge is 2.37. The van der Waals surface area contributed by atoms with Gasteiger partial charge in [-0.2, -0.15) is 0 Å². The highest BCUT2D eigenvalue weighted by atomic mass is 32.1. The molecule has 1 fully saturated rings. The molecule has 6 rings (SSSR count). The first-order chi connectivity index (χ1) is 16.9. The van der Waals surface area contributed by atoms with Crippen LogP contribution in [0.3, 0.4) is 0 Å². The van der Waals surface area contributed by atoms with Gasteiger partial charge in [0.15, 0.2) is 0 Å². The van der Waals surface area contributed by atoms with Crippen LogP contribution >= 0.6 is 11.3 Å². The quantitative estimate of drug-likeness (QED) is 0.428. The summed E-state index contributed by atoms with van der Waals surface area (Å²) < 4.78 is 0. The summed E-state index contributed by atoms with van der Waals surface area (Å²) in [6.07, 6.45) is 3.77. The first-order valence-electron chi connectivity index (χ1n) is 11.7. The predicted molar refractivity (Wildman–Crippen MR) is 139 cm³/mol. The summed E-state index contributed by atoms with van der Waals surface area (Å²) in [5.74, 6) is -0.238. The summed E-state index contributed by atoms with van der Waals surface area (Å²) in [6, 6.07) is 9.64. The smallest absolute Gasteiger partial charge is 0.261 e. The molecule has 1 saturated heterocycles. The van der Waals surface area contributed by atoms with Crippen LogP contribution in [0.15, 0.2) is 41.9 Å². The summed E-state index contributed by atoms with van der Waals surface area (Å²) in [5, 5.41) is 6.15. The number of amides is 2. The summed E-state index contributed by atoms with van der Waals surface area (Å²) in [5.41, 5.74) is 2.75. The molecule has 35 heavy (non-hydrogen) atoms. The number of benzene rings is 1. The minimum atomic E-state index is -0.428. The minimum Gasteiger partial charge on any atom is -0.352 e. The maximum Gasteiger partial charge on any atom is 0.261 e. The van der Waals surface area contributed by atoms with Gasteiger partial charge in [-0.05, 0) is 51.4 Å². The van der Waals surface area contributed by atoms with Gasteiger partial charge in [-0.15, -0.1) is 11.3 Å². The SMILES string of the molecule is CN(C)C1(C)CCN(c2nc(C3=C(c4c[nH]c5sccc45)C(=O)NC3=O)c3ccccc3n2)CC1. The summed E-state index contributed by atoms with van der Waals surface area (Å²) >= 11 is 1.56. The maximum atomic E-state index is 13.2. The minimum absolute atomic E-state index is 0.129. The van der Waals surface area contributed by atoms with Crippen molar-refractivity contribution in [2.45, 2.75) is 25.3 Å². The zero-order chi connectivity index (χ0) is 24.3. The van der Waals surface area contributed by atoms with E-state index in [2.05, 4.69) is 41.1 Å². The van der Waals surface area contributed by atoms with E-state index in [9.17, 15) is 9.59 Å². The molecule has 2 N–H and O–H groups in total. The molecule has 0 saturated carbocycles. The van der Waals surface area contributed by atoms with Gasteiger partial charge in [0.1, 0.15) is 4.83 Å². The molecule has 4 aromatic rings. The number of piperidine rings is 1. The molecule has 178 valence electrons. The highest BCUT2D eigenvalue weighted by Crippen LogP contribution is 2.38. The molecule has 1 aromatic carbocycles. The average Bonchev–Trinajstić information content (AvgIpc) is 3.53. The van der Waals surface area contributed by atoms with Gasteiger partial charge in [0.2, 0.25) is 5.95 Å². The molecule has 9 heteroatoms. The molecule has 3 aromatic heterocycles. The third kappa shape index (κ3) is 3.45.